The van der Waals surface area contributed by atoms with E-state index in [1.54, 1.807) is 20.2 Å². The Morgan fingerprint density at radius 2 is 1.77 bits per heavy atom. The lowest BCUT2D eigenvalue weighted by atomic mass is 9.57. The monoisotopic (exact) mass is 554 g/mol. The molecule has 4 rings (SSSR count). The van der Waals surface area contributed by atoms with Crippen LogP contribution < -0.4 is 5.73 Å². The van der Waals surface area contributed by atoms with E-state index in [0.29, 0.717) is 29.5 Å². The number of phenols is 1. The van der Waals surface area contributed by atoms with Gasteiger partial charge in [0.2, 0.25) is 5.78 Å². The molecule has 0 saturated heterocycles. The van der Waals surface area contributed by atoms with Gasteiger partial charge in [0.15, 0.2) is 17.2 Å². The average molecular weight is 555 g/mol. The second kappa shape index (κ2) is 9.85. The fourth-order valence-corrected chi connectivity index (χ4v) is 6.68. The zero-order chi connectivity index (χ0) is 30.1. The maximum Gasteiger partial charge on any atom is 0.255 e. The highest BCUT2D eigenvalue weighted by Gasteiger charge is 2.64. The Balaban J connectivity index is 1.92. The van der Waals surface area contributed by atoms with Crippen molar-refractivity contribution in [2.45, 2.75) is 71.4 Å². The summed E-state index contributed by atoms with van der Waals surface area (Å²) in [6.07, 6.45) is 2.04. The molecular formula is C30H38N2O8. The van der Waals surface area contributed by atoms with E-state index < -0.39 is 58.0 Å². The topological polar surface area (TPSA) is 178 Å². The summed E-state index contributed by atoms with van der Waals surface area (Å²) in [7, 11) is 3.08. The third-order valence-corrected chi connectivity index (χ3v) is 8.55. The number of primary amides is 1. The number of nitrogens with two attached hydrogens (primary N) is 1. The molecule has 0 aliphatic heterocycles. The maximum atomic E-state index is 14.0. The molecule has 3 aliphatic carbocycles. The number of nitrogens with zero attached hydrogens (tertiary/aromatic N) is 1. The summed E-state index contributed by atoms with van der Waals surface area (Å²) in [5.74, 6) is -7.31. The standard InChI is InChI=1S/C30H38N2O8/c1-13(33)16-10-14(8-7-9-29(2,3)4)23(34)20-17(16)11-15-12-18-22(32(5)6)25(36)21(28(31)39)27(38)30(18,40)26(37)19(15)24(20)35/h10,15,18,22,34-35,38,40H,7-9,11-12H2,1-6H3,(H2,31,39)/t15-,18+,22+,30-/m0/s1. The molecule has 1 aromatic rings. The van der Waals surface area contributed by atoms with Crippen molar-refractivity contribution >= 4 is 29.0 Å². The number of benzene rings is 1. The van der Waals surface area contributed by atoms with E-state index in [1.807, 2.05) is 0 Å². The van der Waals surface area contributed by atoms with E-state index in [1.165, 1.54) is 11.8 Å². The van der Waals surface area contributed by atoms with Crippen LogP contribution in [0.5, 0.6) is 5.75 Å². The van der Waals surface area contributed by atoms with Crippen LogP contribution in [-0.4, -0.2) is 74.3 Å². The van der Waals surface area contributed by atoms with Crippen LogP contribution in [0.4, 0.5) is 0 Å². The quantitative estimate of drug-likeness (QED) is 0.261. The van der Waals surface area contributed by atoms with E-state index in [9.17, 15) is 39.6 Å². The summed E-state index contributed by atoms with van der Waals surface area (Å²) < 4.78 is 0. The Morgan fingerprint density at radius 1 is 1.15 bits per heavy atom. The lowest BCUT2D eigenvalue weighted by molar-refractivity contribution is -0.153. The summed E-state index contributed by atoms with van der Waals surface area (Å²) in [5.41, 5.74) is 2.73. The van der Waals surface area contributed by atoms with Crippen molar-refractivity contribution < 1.29 is 39.6 Å². The highest BCUT2D eigenvalue weighted by Crippen LogP contribution is 2.53. The van der Waals surface area contributed by atoms with E-state index in [0.717, 1.165) is 6.42 Å². The Bertz CT molecular complexity index is 1400. The lowest BCUT2D eigenvalue weighted by Gasteiger charge is -2.50. The second-order valence-electron chi connectivity index (χ2n) is 12.7. The third-order valence-electron chi connectivity index (χ3n) is 8.55. The van der Waals surface area contributed by atoms with Crippen LogP contribution in [0.25, 0.3) is 5.76 Å². The number of aromatic hydroxyl groups is 1. The Morgan fingerprint density at radius 3 is 2.30 bits per heavy atom. The molecule has 0 radical (unpaired) electrons. The maximum absolute atomic E-state index is 14.0. The average Bonchev–Trinajstić information content (AvgIpc) is 2.81. The van der Waals surface area contributed by atoms with Gasteiger partial charge in [0.1, 0.15) is 22.8 Å². The predicted octanol–water partition coefficient (Wildman–Crippen LogP) is 2.54. The molecule has 1 aromatic carbocycles. The number of aliphatic hydroxyl groups is 3. The van der Waals surface area contributed by atoms with Gasteiger partial charge in [-0.3, -0.25) is 24.1 Å². The number of phenolic OH excluding ortho intramolecular Hbond substituents is 1. The minimum atomic E-state index is -2.70. The molecule has 3 aliphatic rings. The van der Waals surface area contributed by atoms with Gasteiger partial charge in [-0.1, -0.05) is 20.8 Å². The van der Waals surface area contributed by atoms with Crippen LogP contribution in [0.15, 0.2) is 23.0 Å². The summed E-state index contributed by atoms with van der Waals surface area (Å²) in [6.45, 7) is 7.67. The number of hydrogen-bond acceptors (Lipinski definition) is 9. The number of fused-ring (bicyclic) bond motifs is 3. The zero-order valence-corrected chi connectivity index (χ0v) is 23.8. The molecule has 0 aromatic heterocycles. The second-order valence-corrected chi connectivity index (χ2v) is 12.7. The molecule has 1 fully saturated rings. The van der Waals surface area contributed by atoms with Gasteiger partial charge in [-0.05, 0) is 81.6 Å². The lowest BCUT2D eigenvalue weighted by Crippen LogP contribution is -2.65. The van der Waals surface area contributed by atoms with Crippen LogP contribution in [0.1, 0.15) is 74.0 Å². The molecule has 0 heterocycles. The number of Topliss-reactive ketones (excluding diaryl/α,β-unsaturated/α-hetero) is 3. The van der Waals surface area contributed by atoms with Gasteiger partial charge in [-0.15, -0.1) is 0 Å². The molecule has 4 atom stereocenters. The molecule has 0 spiro atoms. The number of carbonyl (C=O) groups is 4. The first kappa shape index (κ1) is 29.5. The highest BCUT2D eigenvalue weighted by molar-refractivity contribution is 6.24. The molecule has 40 heavy (non-hydrogen) atoms. The van der Waals surface area contributed by atoms with E-state index >= 15 is 0 Å². The molecule has 1 saturated carbocycles. The summed E-state index contributed by atoms with van der Waals surface area (Å²) in [4.78, 5) is 53.5. The Kier molecular flexibility index (Phi) is 7.26. The molecule has 10 nitrogen and oxygen atoms in total. The minimum Gasteiger partial charge on any atom is -0.508 e. The molecule has 0 unspecified atom stereocenters. The molecule has 216 valence electrons. The molecule has 6 N–H and O–H groups in total. The van der Waals surface area contributed by atoms with Crippen LogP contribution in [0.2, 0.25) is 0 Å². The Hall–Kier alpha value is -3.50. The van der Waals surface area contributed by atoms with Crippen molar-refractivity contribution in [3.8, 4) is 5.75 Å². The van der Waals surface area contributed by atoms with Crippen molar-refractivity contribution in [2.75, 3.05) is 14.1 Å². The number of hydrogen-bond donors (Lipinski definition) is 5. The van der Waals surface area contributed by atoms with Crippen molar-refractivity contribution in [3.63, 3.8) is 0 Å². The van der Waals surface area contributed by atoms with Crippen molar-refractivity contribution in [1.29, 1.82) is 0 Å². The number of rotatable bonds is 6. The van der Waals surface area contributed by atoms with Gasteiger partial charge in [0.25, 0.3) is 5.91 Å². The first-order valence-electron chi connectivity index (χ1n) is 13.5. The molecule has 10 heteroatoms. The molecule has 1 amide bonds. The van der Waals surface area contributed by atoms with Crippen LogP contribution >= 0.6 is 0 Å². The van der Waals surface area contributed by atoms with Crippen molar-refractivity contribution in [3.05, 3.63) is 45.2 Å². The van der Waals surface area contributed by atoms with E-state index in [2.05, 4.69) is 20.8 Å². The van der Waals surface area contributed by atoms with E-state index in [4.69, 9.17) is 5.73 Å². The third kappa shape index (κ3) is 4.43. The van der Waals surface area contributed by atoms with Gasteiger partial charge < -0.3 is 26.2 Å². The summed E-state index contributed by atoms with van der Waals surface area (Å²) in [6, 6.07) is 0.474. The first-order chi connectivity index (χ1) is 18.4. The fraction of sp³-hybridized carbons (Fsp3) is 0.533. The predicted molar refractivity (Wildman–Crippen MR) is 147 cm³/mol. The number of aryl methyl sites for hydroxylation is 1. The van der Waals surface area contributed by atoms with Gasteiger partial charge in [-0.2, -0.15) is 0 Å². The van der Waals surface area contributed by atoms with Gasteiger partial charge >= 0.3 is 0 Å². The molecular weight excluding hydrogens is 516 g/mol. The van der Waals surface area contributed by atoms with Crippen molar-refractivity contribution in [1.82, 2.24) is 4.90 Å². The largest absolute Gasteiger partial charge is 0.508 e. The number of amides is 1. The summed E-state index contributed by atoms with van der Waals surface area (Å²) >= 11 is 0. The van der Waals surface area contributed by atoms with Gasteiger partial charge in [0, 0.05) is 17.1 Å². The van der Waals surface area contributed by atoms with Gasteiger partial charge in [0.05, 0.1) is 11.6 Å². The molecule has 0 bridgehead atoms. The SMILES string of the molecule is CC(=O)c1cc(CCCC(C)(C)C)c(O)c2c1C[C@H]1C[C@@H]3[C@@H](N(C)C)C(=O)C(C(N)=O)=C(O)[C@@]3(O)C(=O)C1=C2O. The van der Waals surface area contributed by atoms with Crippen LogP contribution in [0.3, 0.4) is 0 Å². The van der Waals surface area contributed by atoms with Gasteiger partial charge in [-0.25, -0.2) is 0 Å². The zero-order valence-electron chi connectivity index (χ0n) is 23.8. The van der Waals surface area contributed by atoms with Crippen LogP contribution in [-0.2, 0) is 27.2 Å². The number of carbonyl (C=O) groups excluding carboxylic acids is 4. The highest BCUT2D eigenvalue weighted by atomic mass is 16.3. The first-order valence-corrected chi connectivity index (χ1v) is 13.5. The number of ketones is 3. The van der Waals surface area contributed by atoms with Crippen molar-refractivity contribution in [2.24, 2.45) is 23.0 Å². The smallest absolute Gasteiger partial charge is 0.255 e. The fourth-order valence-electron chi connectivity index (χ4n) is 6.68. The number of likely N-dealkylation sites (N-methyl/N-ethyl adjacent to an activating group) is 1. The van der Waals surface area contributed by atoms with E-state index in [-0.39, 0.29) is 40.9 Å². The summed E-state index contributed by atoms with van der Waals surface area (Å²) in [5, 5.41) is 45.5. The number of aliphatic hydroxyl groups excluding tert-OH is 2. The van der Waals surface area contributed by atoms with Crippen LogP contribution in [0, 0.1) is 17.3 Å². The normalized spacial score (nSPS) is 26.6. The Labute approximate surface area is 233 Å². The minimum absolute atomic E-state index is 0.0306.